The van der Waals surface area contributed by atoms with Crippen molar-refractivity contribution in [2.24, 2.45) is 5.92 Å². The molecule has 25 heavy (non-hydrogen) atoms. The Kier molecular flexibility index (Phi) is 4.64. The van der Waals surface area contributed by atoms with Crippen LogP contribution in [0.2, 0.25) is 0 Å². The number of fused-ring (bicyclic) bond motifs is 1. The lowest BCUT2D eigenvalue weighted by Crippen LogP contribution is -2.52. The molecule has 1 amide bonds. The van der Waals surface area contributed by atoms with Crippen molar-refractivity contribution in [3.8, 4) is 0 Å². The van der Waals surface area contributed by atoms with Gasteiger partial charge in [-0.1, -0.05) is 0 Å². The van der Waals surface area contributed by atoms with Gasteiger partial charge in [0, 0.05) is 48.3 Å². The standard InChI is InChI=1S/C17H20N4O2S2/c1-11-18-6-14(25-11)5-16(22)20-7-12(8-20)9-21-17(23)4-13-10-24-3-2-15(13)19-21/h4,6,12H,2-3,5,7-10H2,1H3. The van der Waals surface area contributed by atoms with Crippen molar-refractivity contribution < 1.29 is 4.79 Å². The van der Waals surface area contributed by atoms with Crippen LogP contribution in [0.15, 0.2) is 17.1 Å². The highest BCUT2D eigenvalue weighted by Crippen LogP contribution is 2.23. The van der Waals surface area contributed by atoms with Crippen molar-refractivity contribution in [1.82, 2.24) is 19.7 Å². The van der Waals surface area contributed by atoms with Gasteiger partial charge in [-0.2, -0.15) is 16.9 Å². The molecule has 0 unspecified atom stereocenters. The van der Waals surface area contributed by atoms with Crippen LogP contribution in [-0.2, 0) is 29.9 Å². The Bertz CT molecular complexity index is 855. The number of thiazole rings is 1. The maximum atomic E-state index is 12.3. The Morgan fingerprint density at radius 1 is 1.40 bits per heavy atom. The van der Waals surface area contributed by atoms with E-state index in [1.54, 1.807) is 28.3 Å². The maximum Gasteiger partial charge on any atom is 0.267 e. The number of thioether (sulfide) groups is 1. The van der Waals surface area contributed by atoms with Crippen molar-refractivity contribution in [3.05, 3.63) is 43.8 Å². The van der Waals surface area contributed by atoms with Crippen LogP contribution < -0.4 is 5.56 Å². The first-order chi connectivity index (χ1) is 12.1. The third-order valence-electron chi connectivity index (χ3n) is 4.64. The van der Waals surface area contributed by atoms with Crippen LogP contribution in [0, 0.1) is 12.8 Å². The fourth-order valence-electron chi connectivity index (χ4n) is 3.26. The van der Waals surface area contributed by atoms with E-state index < -0.39 is 0 Å². The van der Waals surface area contributed by atoms with Gasteiger partial charge in [0.2, 0.25) is 5.91 Å². The lowest BCUT2D eigenvalue weighted by Gasteiger charge is -2.39. The third-order valence-corrected chi connectivity index (χ3v) is 6.56. The summed E-state index contributed by atoms with van der Waals surface area (Å²) in [5.41, 5.74) is 2.13. The molecule has 2 aromatic heterocycles. The predicted octanol–water partition coefficient (Wildman–Crippen LogP) is 1.50. The number of likely N-dealkylation sites (tertiary alicyclic amines) is 1. The molecule has 0 atom stereocenters. The first kappa shape index (κ1) is 16.8. The molecule has 132 valence electrons. The van der Waals surface area contributed by atoms with Gasteiger partial charge in [-0.25, -0.2) is 9.67 Å². The van der Waals surface area contributed by atoms with Crippen LogP contribution in [0.1, 0.15) is 21.1 Å². The maximum absolute atomic E-state index is 12.3. The smallest absolute Gasteiger partial charge is 0.267 e. The molecule has 1 fully saturated rings. The fraction of sp³-hybridized carbons (Fsp3) is 0.529. The van der Waals surface area contributed by atoms with Gasteiger partial charge in [-0.3, -0.25) is 9.59 Å². The molecule has 0 N–H and O–H groups in total. The molecular weight excluding hydrogens is 356 g/mol. The van der Waals surface area contributed by atoms with E-state index in [9.17, 15) is 9.59 Å². The van der Waals surface area contributed by atoms with Crippen LogP contribution in [0.25, 0.3) is 0 Å². The van der Waals surface area contributed by atoms with Gasteiger partial charge in [0.1, 0.15) is 0 Å². The molecule has 0 spiro atoms. The van der Waals surface area contributed by atoms with E-state index in [1.807, 2.05) is 23.6 Å². The number of rotatable bonds is 4. The summed E-state index contributed by atoms with van der Waals surface area (Å²) in [5.74, 6) is 2.42. The summed E-state index contributed by atoms with van der Waals surface area (Å²) in [7, 11) is 0. The zero-order chi connectivity index (χ0) is 17.4. The molecule has 2 aliphatic heterocycles. The Balaban J connectivity index is 1.34. The van der Waals surface area contributed by atoms with Crippen molar-refractivity contribution >= 4 is 29.0 Å². The third kappa shape index (κ3) is 3.64. The van der Waals surface area contributed by atoms with Gasteiger partial charge in [-0.15, -0.1) is 11.3 Å². The highest BCUT2D eigenvalue weighted by atomic mass is 32.2. The molecule has 0 saturated carbocycles. The van der Waals surface area contributed by atoms with Crippen LogP contribution in [0.4, 0.5) is 0 Å². The quantitative estimate of drug-likeness (QED) is 0.809. The molecule has 0 bridgehead atoms. The van der Waals surface area contributed by atoms with Gasteiger partial charge in [0.25, 0.3) is 5.56 Å². The normalized spacial score (nSPS) is 17.2. The number of carbonyl (C=O) groups excluding carboxylic acids is 1. The van der Waals surface area contributed by atoms with Crippen molar-refractivity contribution in [1.29, 1.82) is 0 Å². The lowest BCUT2D eigenvalue weighted by molar-refractivity contribution is -0.137. The molecule has 6 nitrogen and oxygen atoms in total. The number of carbonyl (C=O) groups is 1. The summed E-state index contributed by atoms with van der Waals surface area (Å²) in [6, 6.07) is 1.74. The second kappa shape index (κ2) is 6.92. The Labute approximate surface area is 154 Å². The summed E-state index contributed by atoms with van der Waals surface area (Å²) < 4.78 is 1.59. The zero-order valence-corrected chi connectivity index (χ0v) is 15.7. The van der Waals surface area contributed by atoms with Crippen molar-refractivity contribution in [2.75, 3.05) is 18.8 Å². The van der Waals surface area contributed by atoms with Crippen LogP contribution in [0.3, 0.4) is 0 Å². The summed E-state index contributed by atoms with van der Waals surface area (Å²) in [6.07, 6.45) is 3.14. The molecule has 0 aliphatic carbocycles. The van der Waals surface area contributed by atoms with E-state index >= 15 is 0 Å². The van der Waals surface area contributed by atoms with Gasteiger partial charge < -0.3 is 4.90 Å². The van der Waals surface area contributed by atoms with E-state index in [-0.39, 0.29) is 11.5 Å². The van der Waals surface area contributed by atoms with E-state index in [2.05, 4.69) is 10.1 Å². The number of hydrogen-bond acceptors (Lipinski definition) is 6. The Morgan fingerprint density at radius 3 is 3.00 bits per heavy atom. The highest BCUT2D eigenvalue weighted by molar-refractivity contribution is 7.98. The minimum Gasteiger partial charge on any atom is -0.342 e. The van der Waals surface area contributed by atoms with E-state index in [0.717, 1.165) is 39.1 Å². The van der Waals surface area contributed by atoms with Crippen LogP contribution in [0.5, 0.6) is 0 Å². The average Bonchev–Trinajstić information content (AvgIpc) is 2.95. The molecule has 1 saturated heterocycles. The average molecular weight is 377 g/mol. The second-order valence-corrected chi connectivity index (χ2v) is 9.05. The number of nitrogens with zero attached hydrogens (tertiary/aromatic N) is 4. The minimum absolute atomic E-state index is 0.0221. The fourth-order valence-corrected chi connectivity index (χ4v) is 5.00. The number of hydrogen-bond donors (Lipinski definition) is 0. The molecule has 0 aromatic carbocycles. The van der Waals surface area contributed by atoms with Gasteiger partial charge in [0.05, 0.1) is 23.7 Å². The van der Waals surface area contributed by atoms with Crippen molar-refractivity contribution in [2.45, 2.75) is 32.1 Å². The number of amides is 1. The van der Waals surface area contributed by atoms with Crippen molar-refractivity contribution in [3.63, 3.8) is 0 Å². The van der Waals surface area contributed by atoms with Crippen LogP contribution >= 0.6 is 23.1 Å². The monoisotopic (exact) mass is 376 g/mol. The van der Waals surface area contributed by atoms with Gasteiger partial charge in [0.15, 0.2) is 0 Å². The molecule has 0 radical (unpaired) electrons. The zero-order valence-electron chi connectivity index (χ0n) is 14.1. The topological polar surface area (TPSA) is 68.1 Å². The van der Waals surface area contributed by atoms with E-state index in [4.69, 9.17) is 0 Å². The summed E-state index contributed by atoms with van der Waals surface area (Å²) >= 11 is 3.42. The first-order valence-electron chi connectivity index (χ1n) is 8.45. The first-order valence-corrected chi connectivity index (χ1v) is 10.4. The second-order valence-electron chi connectivity index (χ2n) is 6.63. The molecule has 4 rings (SSSR count). The number of aryl methyl sites for hydroxylation is 2. The Hall–Kier alpha value is -1.67. The Morgan fingerprint density at radius 2 is 2.24 bits per heavy atom. The molecule has 4 heterocycles. The molecule has 8 heteroatoms. The summed E-state index contributed by atoms with van der Waals surface area (Å²) in [6.45, 7) is 3.96. The molecule has 2 aromatic rings. The van der Waals surface area contributed by atoms with E-state index in [1.165, 1.54) is 0 Å². The van der Waals surface area contributed by atoms with Gasteiger partial charge in [-0.05, 0) is 18.2 Å². The minimum atomic E-state index is -0.0221. The van der Waals surface area contributed by atoms with Gasteiger partial charge >= 0.3 is 0 Å². The number of aromatic nitrogens is 3. The molecule has 2 aliphatic rings. The highest BCUT2D eigenvalue weighted by Gasteiger charge is 2.31. The summed E-state index contributed by atoms with van der Waals surface area (Å²) in [5, 5.41) is 5.54. The summed E-state index contributed by atoms with van der Waals surface area (Å²) in [4.78, 5) is 31.6. The lowest BCUT2D eigenvalue weighted by atomic mass is 9.99. The van der Waals surface area contributed by atoms with Crippen LogP contribution in [-0.4, -0.2) is 44.4 Å². The largest absolute Gasteiger partial charge is 0.342 e. The van der Waals surface area contributed by atoms with E-state index in [0.29, 0.717) is 32.0 Å². The SMILES string of the molecule is Cc1ncc(CC(=O)N2CC(Cn3nc4c(cc3=O)CSCC4)C2)s1. The molecular formula is C17H20N4O2S2. The predicted molar refractivity (Wildman–Crippen MR) is 99.0 cm³/mol.